The van der Waals surface area contributed by atoms with Crippen molar-refractivity contribution in [2.24, 2.45) is 0 Å². The zero-order valence-electron chi connectivity index (χ0n) is 36.6. The number of fused-ring (bicyclic) bond motifs is 7. The molecule has 0 radical (unpaired) electrons. The van der Waals surface area contributed by atoms with E-state index in [-0.39, 0.29) is 0 Å². The van der Waals surface area contributed by atoms with Crippen LogP contribution in [0, 0.1) is 0 Å². The van der Waals surface area contributed by atoms with E-state index < -0.39 is 0 Å². The van der Waals surface area contributed by atoms with Gasteiger partial charge in [-0.25, -0.2) is 0 Å². The number of benzene rings is 11. The van der Waals surface area contributed by atoms with Crippen molar-refractivity contribution in [3.8, 4) is 50.2 Å². The molecule has 0 saturated carbocycles. The Labute approximate surface area is 388 Å². The molecule has 13 aromatic rings. The molecule has 3 nitrogen and oxygen atoms in total. The second kappa shape index (κ2) is 16.0. The molecule has 0 atom stereocenters. The van der Waals surface area contributed by atoms with Crippen LogP contribution in [0.1, 0.15) is 0 Å². The Balaban J connectivity index is 0.837. The SMILES string of the molecule is c1cc(-c2ccc(-c3ccc(N(c4ccc(-c5cccc6ccccc56)cc4)c4ccc(-c5cccc6oc7ccccc7c56)cc4)cc3)cc2)cc(-n2c3ccccc3c3ccccc32)c1. The van der Waals surface area contributed by atoms with Gasteiger partial charge < -0.3 is 13.9 Å². The van der Waals surface area contributed by atoms with E-state index in [9.17, 15) is 0 Å². The van der Waals surface area contributed by atoms with Crippen molar-refractivity contribution in [1.82, 2.24) is 4.57 Å². The van der Waals surface area contributed by atoms with Crippen LogP contribution in [0.3, 0.4) is 0 Å². The van der Waals surface area contributed by atoms with Crippen molar-refractivity contribution in [3.05, 3.63) is 255 Å². The minimum Gasteiger partial charge on any atom is -0.456 e. The zero-order valence-corrected chi connectivity index (χ0v) is 36.6. The molecule has 0 aliphatic heterocycles. The highest BCUT2D eigenvalue weighted by atomic mass is 16.3. The second-order valence-corrected chi connectivity index (χ2v) is 17.3. The third kappa shape index (κ3) is 6.67. The Morgan fingerprint density at radius 3 is 1.40 bits per heavy atom. The summed E-state index contributed by atoms with van der Waals surface area (Å²) in [5, 5.41) is 7.30. The van der Waals surface area contributed by atoms with Crippen molar-refractivity contribution in [2.75, 3.05) is 4.90 Å². The predicted molar refractivity (Wildman–Crippen MR) is 282 cm³/mol. The maximum atomic E-state index is 6.26. The van der Waals surface area contributed by atoms with Crippen molar-refractivity contribution in [3.63, 3.8) is 0 Å². The number of anilines is 3. The van der Waals surface area contributed by atoms with Gasteiger partial charge in [-0.15, -0.1) is 0 Å². The van der Waals surface area contributed by atoms with E-state index in [1.54, 1.807) is 0 Å². The Hall–Kier alpha value is -8.92. The standard InChI is InChI=1S/C64H42N2O/c1-2-16-54-46(12-1)13-10-20-55(54)47-32-38-51(39-33-47)65(52-40-34-48(35-41-52)56-21-11-25-63-64(56)59-19-5-8-24-62(59)67-63)50-36-30-44(31-37-50)43-26-28-45(29-27-43)49-14-9-15-53(42-49)66-60-22-6-3-17-57(60)58-18-4-7-23-61(58)66/h1-42H. The van der Waals surface area contributed by atoms with Crippen LogP contribution in [0.2, 0.25) is 0 Å². The van der Waals surface area contributed by atoms with E-state index in [0.29, 0.717) is 0 Å². The third-order valence-corrected chi connectivity index (χ3v) is 13.4. The number of hydrogen-bond donors (Lipinski definition) is 0. The molecule has 0 fully saturated rings. The highest BCUT2D eigenvalue weighted by Crippen LogP contribution is 2.41. The van der Waals surface area contributed by atoms with Gasteiger partial charge in [0.2, 0.25) is 0 Å². The minimum absolute atomic E-state index is 0.898. The molecular formula is C64H42N2O. The number of para-hydroxylation sites is 3. The lowest BCUT2D eigenvalue weighted by molar-refractivity contribution is 0.669. The van der Waals surface area contributed by atoms with E-state index in [1.165, 1.54) is 60.4 Å². The van der Waals surface area contributed by atoms with Crippen LogP contribution in [0.5, 0.6) is 0 Å². The van der Waals surface area contributed by atoms with E-state index in [4.69, 9.17) is 4.42 Å². The van der Waals surface area contributed by atoms with Gasteiger partial charge in [0.15, 0.2) is 0 Å². The van der Waals surface area contributed by atoms with Crippen LogP contribution >= 0.6 is 0 Å². The number of nitrogens with zero attached hydrogens (tertiary/aromatic N) is 2. The third-order valence-electron chi connectivity index (χ3n) is 13.4. The van der Waals surface area contributed by atoms with Crippen LogP contribution in [-0.4, -0.2) is 4.57 Å². The van der Waals surface area contributed by atoms with Gasteiger partial charge in [-0.05, 0) is 128 Å². The molecule has 0 aliphatic carbocycles. The van der Waals surface area contributed by atoms with Gasteiger partial charge in [0.05, 0.1) is 11.0 Å². The molecule has 0 aliphatic rings. The van der Waals surface area contributed by atoms with E-state index >= 15 is 0 Å². The molecule has 2 aromatic heterocycles. The Morgan fingerprint density at radius 1 is 0.299 bits per heavy atom. The summed E-state index contributed by atoms with van der Waals surface area (Å²) in [7, 11) is 0. The first-order valence-corrected chi connectivity index (χ1v) is 22.9. The van der Waals surface area contributed by atoms with Crippen LogP contribution in [0.15, 0.2) is 259 Å². The maximum Gasteiger partial charge on any atom is 0.136 e. The molecule has 0 spiro atoms. The second-order valence-electron chi connectivity index (χ2n) is 17.3. The molecule has 0 saturated heterocycles. The molecule has 3 heteroatoms. The van der Waals surface area contributed by atoms with Crippen molar-refractivity contribution in [2.45, 2.75) is 0 Å². The largest absolute Gasteiger partial charge is 0.456 e. The summed E-state index contributed by atoms with van der Waals surface area (Å²) in [5.41, 5.74) is 18.0. The van der Waals surface area contributed by atoms with Crippen molar-refractivity contribution in [1.29, 1.82) is 0 Å². The van der Waals surface area contributed by atoms with E-state index in [0.717, 1.165) is 61.4 Å². The van der Waals surface area contributed by atoms with Gasteiger partial charge in [0.25, 0.3) is 0 Å². The Morgan fingerprint density at radius 2 is 0.746 bits per heavy atom. The predicted octanol–water partition coefficient (Wildman–Crippen LogP) is 18.0. The molecule has 0 amide bonds. The topological polar surface area (TPSA) is 21.3 Å². The van der Waals surface area contributed by atoms with Crippen LogP contribution in [0.25, 0.3) is 105 Å². The number of aromatic nitrogens is 1. The lowest BCUT2D eigenvalue weighted by Crippen LogP contribution is -2.09. The fourth-order valence-corrected chi connectivity index (χ4v) is 10.2. The minimum atomic E-state index is 0.898. The molecule has 0 unspecified atom stereocenters. The molecule has 67 heavy (non-hydrogen) atoms. The first kappa shape index (κ1) is 38.5. The van der Waals surface area contributed by atoms with Gasteiger partial charge in [0, 0.05) is 44.3 Å². The lowest BCUT2D eigenvalue weighted by atomic mass is 9.97. The maximum absolute atomic E-state index is 6.26. The highest BCUT2D eigenvalue weighted by Gasteiger charge is 2.17. The molecule has 11 aromatic carbocycles. The summed E-state index contributed by atoms with van der Waals surface area (Å²) in [4.78, 5) is 2.35. The average molecular weight is 855 g/mol. The fraction of sp³-hybridized carbons (Fsp3) is 0. The first-order chi connectivity index (χ1) is 33.2. The Bertz CT molecular complexity index is 3890. The zero-order chi connectivity index (χ0) is 44.3. The normalized spacial score (nSPS) is 11.6. The molecule has 13 rings (SSSR count). The number of rotatable bonds is 8. The number of hydrogen-bond acceptors (Lipinski definition) is 2. The number of furan rings is 1. The molecule has 2 heterocycles. The first-order valence-electron chi connectivity index (χ1n) is 22.9. The summed E-state index contributed by atoms with van der Waals surface area (Å²) in [5.74, 6) is 0. The molecule has 0 N–H and O–H groups in total. The summed E-state index contributed by atoms with van der Waals surface area (Å²) >= 11 is 0. The van der Waals surface area contributed by atoms with E-state index in [1.807, 2.05) is 12.1 Å². The average Bonchev–Trinajstić information content (AvgIpc) is 3.96. The summed E-state index contributed by atoms with van der Waals surface area (Å²) in [6, 6.07) is 91.8. The van der Waals surface area contributed by atoms with Gasteiger partial charge in [-0.3, -0.25) is 0 Å². The van der Waals surface area contributed by atoms with Gasteiger partial charge >= 0.3 is 0 Å². The van der Waals surface area contributed by atoms with Gasteiger partial charge in [-0.1, -0.05) is 182 Å². The van der Waals surface area contributed by atoms with E-state index in [2.05, 4.69) is 252 Å². The summed E-state index contributed by atoms with van der Waals surface area (Å²) in [6.07, 6.45) is 0. The summed E-state index contributed by atoms with van der Waals surface area (Å²) < 4.78 is 8.64. The van der Waals surface area contributed by atoms with Crippen LogP contribution in [-0.2, 0) is 0 Å². The van der Waals surface area contributed by atoms with Gasteiger partial charge in [-0.2, -0.15) is 0 Å². The fourth-order valence-electron chi connectivity index (χ4n) is 10.2. The lowest BCUT2D eigenvalue weighted by Gasteiger charge is -2.26. The summed E-state index contributed by atoms with van der Waals surface area (Å²) in [6.45, 7) is 0. The van der Waals surface area contributed by atoms with Gasteiger partial charge in [0.1, 0.15) is 11.2 Å². The van der Waals surface area contributed by atoms with Crippen molar-refractivity contribution < 1.29 is 4.42 Å². The molecular weight excluding hydrogens is 813 g/mol. The van der Waals surface area contributed by atoms with Crippen LogP contribution in [0.4, 0.5) is 17.1 Å². The van der Waals surface area contributed by atoms with Crippen molar-refractivity contribution >= 4 is 71.6 Å². The smallest absolute Gasteiger partial charge is 0.136 e. The monoisotopic (exact) mass is 854 g/mol. The molecule has 314 valence electrons. The highest BCUT2D eigenvalue weighted by molar-refractivity contribution is 6.12. The Kier molecular flexibility index (Phi) is 9.17. The van der Waals surface area contributed by atoms with Crippen LogP contribution < -0.4 is 4.90 Å². The quantitative estimate of drug-likeness (QED) is 0.152. The molecule has 0 bridgehead atoms.